The van der Waals surface area contributed by atoms with Gasteiger partial charge in [-0.15, -0.1) is 26.4 Å². The SMILES string of the molecule is CC[O-].CC[O-].CC[O-].CC[O-].[Ti]. The maximum Gasteiger partial charge on any atom is 0 e. The third-order valence-corrected chi connectivity index (χ3v) is 0. The first-order chi connectivity index (χ1) is 5.66. The van der Waals surface area contributed by atoms with Crippen molar-refractivity contribution in [1.29, 1.82) is 0 Å². The van der Waals surface area contributed by atoms with E-state index in [4.69, 9.17) is 20.4 Å². The van der Waals surface area contributed by atoms with E-state index in [2.05, 4.69) is 0 Å². The van der Waals surface area contributed by atoms with Crippen LogP contribution in [0.1, 0.15) is 27.7 Å². The van der Waals surface area contributed by atoms with Gasteiger partial charge in [0.2, 0.25) is 0 Å². The van der Waals surface area contributed by atoms with Crippen molar-refractivity contribution < 1.29 is 42.1 Å². The molecule has 0 rings (SSSR count). The fourth-order valence-electron chi connectivity index (χ4n) is 0. The molecule has 13 heavy (non-hydrogen) atoms. The molecule has 84 valence electrons. The summed E-state index contributed by atoms with van der Waals surface area (Å²) in [5, 5.41) is 35.7. The van der Waals surface area contributed by atoms with Crippen molar-refractivity contribution in [3.05, 3.63) is 0 Å². The third kappa shape index (κ3) is 4550. The summed E-state index contributed by atoms with van der Waals surface area (Å²) in [6, 6.07) is 0. The van der Waals surface area contributed by atoms with Crippen LogP contribution in [0.15, 0.2) is 0 Å². The molecule has 0 bridgehead atoms. The smallest absolute Gasteiger partial charge is 0 e. The van der Waals surface area contributed by atoms with E-state index >= 15 is 0 Å². The van der Waals surface area contributed by atoms with Crippen LogP contribution >= 0.6 is 0 Å². The van der Waals surface area contributed by atoms with E-state index in [9.17, 15) is 0 Å². The molecular weight excluding hydrogens is 208 g/mol. The third-order valence-electron chi connectivity index (χ3n) is 0. The van der Waals surface area contributed by atoms with Crippen molar-refractivity contribution in [2.75, 3.05) is 26.4 Å². The maximum atomic E-state index is 8.93. The van der Waals surface area contributed by atoms with Crippen LogP contribution in [-0.2, 0) is 21.7 Å². The van der Waals surface area contributed by atoms with Gasteiger partial charge in [0.25, 0.3) is 0 Å². The average molecular weight is 228 g/mol. The Morgan fingerprint density at radius 2 is 0.538 bits per heavy atom. The van der Waals surface area contributed by atoms with Crippen molar-refractivity contribution in [3.63, 3.8) is 0 Å². The molecule has 0 aliphatic heterocycles. The van der Waals surface area contributed by atoms with Crippen molar-refractivity contribution >= 4 is 0 Å². The van der Waals surface area contributed by atoms with E-state index in [1.165, 1.54) is 0 Å². The standard InChI is InChI=1S/4C2H5O.Ti/c4*1-2-3;/h4*2H2,1H3;/q4*-1;. The summed E-state index contributed by atoms with van der Waals surface area (Å²) in [7, 11) is 0. The molecule has 0 atom stereocenters. The van der Waals surface area contributed by atoms with Gasteiger partial charge in [0.15, 0.2) is 0 Å². The first-order valence-electron chi connectivity index (χ1n) is 3.98. The molecule has 0 amide bonds. The summed E-state index contributed by atoms with van der Waals surface area (Å²) in [5.74, 6) is 0. The number of hydrogen-bond acceptors (Lipinski definition) is 4. The van der Waals surface area contributed by atoms with Crippen LogP contribution in [0.4, 0.5) is 0 Å². The fraction of sp³-hybridized carbons (Fsp3) is 1.00. The molecule has 0 heterocycles. The summed E-state index contributed by atoms with van der Waals surface area (Å²) in [6.45, 7) is 6.28. The van der Waals surface area contributed by atoms with Gasteiger partial charge in [-0.25, -0.2) is 0 Å². The van der Waals surface area contributed by atoms with Crippen LogP contribution in [0.5, 0.6) is 0 Å². The molecule has 0 spiro atoms. The Kier molecular flexibility index (Phi) is 181. The van der Waals surface area contributed by atoms with Gasteiger partial charge in [0, 0.05) is 21.7 Å². The molecule has 0 saturated carbocycles. The first kappa shape index (κ1) is 29.2. The first-order valence-corrected chi connectivity index (χ1v) is 3.98. The topological polar surface area (TPSA) is 92.2 Å². The van der Waals surface area contributed by atoms with Crippen LogP contribution < -0.4 is 20.4 Å². The molecular formula is C8H20O4Ti-4. The van der Waals surface area contributed by atoms with Gasteiger partial charge >= 0.3 is 0 Å². The Morgan fingerprint density at radius 1 is 0.538 bits per heavy atom. The number of rotatable bonds is 0. The summed E-state index contributed by atoms with van der Waals surface area (Å²) in [5.41, 5.74) is 0. The zero-order valence-corrected chi connectivity index (χ0v) is 10.5. The number of hydrogen-bond donors (Lipinski definition) is 0. The zero-order valence-electron chi connectivity index (χ0n) is 8.96. The monoisotopic (exact) mass is 228 g/mol. The summed E-state index contributed by atoms with van der Waals surface area (Å²) < 4.78 is 0. The van der Waals surface area contributed by atoms with Crippen LogP contribution in [0, 0.1) is 0 Å². The second kappa shape index (κ2) is 80.8. The van der Waals surface area contributed by atoms with Gasteiger partial charge in [-0.1, -0.05) is 27.7 Å². The molecule has 5 heteroatoms. The minimum atomic E-state index is 0. The Balaban J connectivity index is -0.0000000213. The van der Waals surface area contributed by atoms with Gasteiger partial charge in [-0.2, -0.15) is 0 Å². The Labute approximate surface area is 96.5 Å². The second-order valence-corrected chi connectivity index (χ2v) is 1.15. The van der Waals surface area contributed by atoms with Gasteiger partial charge in [-0.3, -0.25) is 0 Å². The largest absolute Gasteiger partial charge is 0.855 e. The Morgan fingerprint density at radius 3 is 0.538 bits per heavy atom. The van der Waals surface area contributed by atoms with E-state index < -0.39 is 0 Å². The van der Waals surface area contributed by atoms with E-state index in [-0.39, 0.29) is 48.1 Å². The molecule has 0 aromatic rings. The minimum Gasteiger partial charge on any atom is -0.855 e. The second-order valence-electron chi connectivity index (χ2n) is 1.15. The van der Waals surface area contributed by atoms with E-state index in [0.29, 0.717) is 0 Å². The normalized spacial score (nSPS) is 5.54. The van der Waals surface area contributed by atoms with Crippen molar-refractivity contribution in [2.24, 2.45) is 0 Å². The summed E-state index contributed by atoms with van der Waals surface area (Å²) in [4.78, 5) is 0. The molecule has 0 aliphatic rings. The van der Waals surface area contributed by atoms with Crippen LogP contribution in [-0.4, -0.2) is 26.4 Å². The van der Waals surface area contributed by atoms with Crippen LogP contribution in [0.25, 0.3) is 0 Å². The molecule has 0 aromatic heterocycles. The molecule has 4 nitrogen and oxygen atoms in total. The summed E-state index contributed by atoms with van der Waals surface area (Å²) in [6.07, 6.45) is 0. The average Bonchev–Trinajstić information content (AvgIpc) is 1.92. The van der Waals surface area contributed by atoms with Gasteiger partial charge < -0.3 is 20.4 Å². The predicted octanol–water partition coefficient (Wildman–Crippen LogP) is -2.54. The molecule has 0 aromatic carbocycles. The Hall–Kier alpha value is 0.554. The Bertz CT molecular complexity index is 24.1. The van der Waals surface area contributed by atoms with Gasteiger partial charge in [0.05, 0.1) is 0 Å². The summed E-state index contributed by atoms with van der Waals surface area (Å²) >= 11 is 0. The predicted molar refractivity (Wildman–Crippen MR) is 42.2 cm³/mol. The minimum absolute atomic E-state index is 0. The van der Waals surface area contributed by atoms with Crippen LogP contribution in [0.2, 0.25) is 0 Å². The molecule has 0 radical (unpaired) electrons. The molecule has 0 unspecified atom stereocenters. The maximum absolute atomic E-state index is 8.93. The van der Waals surface area contributed by atoms with E-state index in [1.807, 2.05) is 0 Å². The van der Waals surface area contributed by atoms with E-state index in [0.717, 1.165) is 0 Å². The van der Waals surface area contributed by atoms with Crippen LogP contribution in [0.3, 0.4) is 0 Å². The van der Waals surface area contributed by atoms with Gasteiger partial charge in [0.1, 0.15) is 0 Å². The molecule has 0 N–H and O–H groups in total. The molecule has 0 saturated heterocycles. The quantitative estimate of drug-likeness (QED) is 0.427. The van der Waals surface area contributed by atoms with Crippen molar-refractivity contribution in [1.82, 2.24) is 0 Å². The van der Waals surface area contributed by atoms with Crippen molar-refractivity contribution in [2.45, 2.75) is 27.7 Å². The molecule has 0 aliphatic carbocycles. The molecule has 0 fully saturated rings. The zero-order chi connectivity index (χ0) is 10.8. The fourth-order valence-corrected chi connectivity index (χ4v) is 0. The van der Waals surface area contributed by atoms with Gasteiger partial charge in [-0.05, 0) is 0 Å². The van der Waals surface area contributed by atoms with E-state index in [1.54, 1.807) is 27.7 Å². The van der Waals surface area contributed by atoms with Crippen molar-refractivity contribution in [3.8, 4) is 0 Å².